The Morgan fingerprint density at radius 2 is 1.40 bits per heavy atom. The first kappa shape index (κ1) is 31.3. The molecule has 43 heavy (non-hydrogen) atoms. The lowest BCUT2D eigenvalue weighted by Gasteiger charge is -2.31. The molecule has 0 aromatic heterocycles. The van der Waals surface area contributed by atoms with Crippen LogP contribution in [0.4, 0.5) is 5.69 Å². The highest BCUT2D eigenvalue weighted by molar-refractivity contribution is 6.02. The van der Waals surface area contributed by atoms with Crippen molar-refractivity contribution in [3.05, 3.63) is 102 Å². The molecule has 1 aliphatic carbocycles. The van der Waals surface area contributed by atoms with Gasteiger partial charge < -0.3 is 27.0 Å². The number of carbonyl (C=O) groups excluding carboxylic acids is 3. The van der Waals surface area contributed by atoms with Gasteiger partial charge in [0, 0.05) is 30.9 Å². The van der Waals surface area contributed by atoms with E-state index in [0.717, 1.165) is 48.9 Å². The Bertz CT molecular complexity index is 1340. The molecule has 7 N–H and O–H groups in total. The summed E-state index contributed by atoms with van der Waals surface area (Å²) >= 11 is 0. The van der Waals surface area contributed by atoms with E-state index in [2.05, 4.69) is 21.3 Å². The molecule has 9 nitrogen and oxygen atoms in total. The van der Waals surface area contributed by atoms with Crippen LogP contribution in [0, 0.1) is 17.2 Å². The monoisotopic (exact) mass is 582 g/mol. The third-order valence-corrected chi connectivity index (χ3v) is 7.88. The number of amidine groups is 1. The maximum absolute atomic E-state index is 13.8. The van der Waals surface area contributed by atoms with Gasteiger partial charge in [0.05, 0.1) is 0 Å². The molecule has 1 saturated carbocycles. The molecule has 0 bridgehead atoms. The van der Waals surface area contributed by atoms with Crippen LogP contribution >= 0.6 is 0 Å². The molecule has 4 rings (SSSR count). The third kappa shape index (κ3) is 9.70. The van der Waals surface area contributed by atoms with E-state index in [1.165, 1.54) is 0 Å². The second-order valence-corrected chi connectivity index (χ2v) is 11.0. The number of nitrogen functional groups attached to an aromatic ring is 1. The predicted octanol–water partition coefficient (Wildman–Crippen LogP) is 3.74. The zero-order valence-corrected chi connectivity index (χ0v) is 24.5. The Hall–Kier alpha value is -4.66. The summed E-state index contributed by atoms with van der Waals surface area (Å²) in [5.74, 6) is -2.22. The second-order valence-electron chi connectivity index (χ2n) is 11.0. The molecule has 3 aromatic carbocycles. The Morgan fingerprint density at radius 1 is 0.744 bits per heavy atom. The second kappa shape index (κ2) is 16.1. The van der Waals surface area contributed by atoms with Crippen LogP contribution in [-0.4, -0.2) is 42.7 Å². The summed E-state index contributed by atoms with van der Waals surface area (Å²) in [5, 5.41) is 19.8. The van der Waals surface area contributed by atoms with Crippen LogP contribution in [0.3, 0.4) is 0 Å². The number of nitrogens with one attached hydrogen (secondary N) is 5. The van der Waals surface area contributed by atoms with Gasteiger partial charge in [-0.2, -0.15) is 0 Å². The van der Waals surface area contributed by atoms with Crippen LogP contribution in [0.5, 0.6) is 0 Å². The molecular formula is C34H42N6O3. The first-order valence-electron chi connectivity index (χ1n) is 15.0. The fraction of sp³-hybridized carbons (Fsp3) is 0.353. The van der Waals surface area contributed by atoms with Crippen molar-refractivity contribution in [1.29, 1.82) is 5.41 Å². The number of nitrogens with two attached hydrogens (primary N) is 1. The molecule has 9 heteroatoms. The van der Waals surface area contributed by atoms with Gasteiger partial charge in [0.1, 0.15) is 17.8 Å². The van der Waals surface area contributed by atoms with Crippen molar-refractivity contribution in [2.45, 2.75) is 51.1 Å². The van der Waals surface area contributed by atoms with E-state index in [0.29, 0.717) is 18.7 Å². The van der Waals surface area contributed by atoms with Crippen molar-refractivity contribution in [2.75, 3.05) is 18.4 Å². The fourth-order valence-corrected chi connectivity index (χ4v) is 5.45. The zero-order valence-electron chi connectivity index (χ0n) is 24.5. The summed E-state index contributed by atoms with van der Waals surface area (Å²) in [6.07, 6.45) is 4.95. The summed E-state index contributed by atoms with van der Waals surface area (Å²) < 4.78 is 0. The summed E-state index contributed by atoms with van der Waals surface area (Å²) in [6.45, 7) is 1.23. The van der Waals surface area contributed by atoms with Gasteiger partial charge in [-0.3, -0.25) is 19.8 Å². The normalized spacial score (nSPS) is 14.6. The summed E-state index contributed by atoms with van der Waals surface area (Å²) in [5.41, 5.74) is 8.80. The summed E-state index contributed by atoms with van der Waals surface area (Å²) in [4.78, 5) is 40.8. The highest BCUT2D eigenvalue weighted by atomic mass is 16.2. The number of carbonyl (C=O) groups is 3. The van der Waals surface area contributed by atoms with Gasteiger partial charge >= 0.3 is 0 Å². The topological polar surface area (TPSA) is 149 Å². The first-order chi connectivity index (χ1) is 20.9. The van der Waals surface area contributed by atoms with E-state index in [1.807, 2.05) is 60.7 Å². The highest BCUT2D eigenvalue weighted by Gasteiger charge is 2.35. The van der Waals surface area contributed by atoms with Crippen molar-refractivity contribution >= 4 is 29.2 Å². The van der Waals surface area contributed by atoms with Gasteiger partial charge in [-0.25, -0.2) is 0 Å². The molecule has 1 fully saturated rings. The zero-order chi connectivity index (χ0) is 30.4. The van der Waals surface area contributed by atoms with Gasteiger partial charge in [0.15, 0.2) is 0 Å². The van der Waals surface area contributed by atoms with Gasteiger partial charge in [-0.15, -0.1) is 0 Å². The smallest absolute Gasteiger partial charge is 0.242 e. The van der Waals surface area contributed by atoms with Crippen molar-refractivity contribution in [1.82, 2.24) is 16.0 Å². The predicted molar refractivity (Wildman–Crippen MR) is 169 cm³/mol. The lowest BCUT2D eigenvalue weighted by Crippen LogP contribution is -2.55. The maximum atomic E-state index is 13.8. The lowest BCUT2D eigenvalue weighted by atomic mass is 9.83. The standard InChI is InChI=1S/C34H42N6O3/c35-31(36)27-18-16-24(17-19-27)22-29(32(41)39-23-25-10-4-1-5-11-25)33(42)40-30(26-12-6-2-7-13-26)34(43)38-21-20-37-28-14-8-3-9-15-28/h1,3-5,8-11,14-19,26,29-30,37H,2,6-7,12-13,20-23H2,(H3,35,36)(H,38,43)(H,39,41)(H,40,42)/t29?,30-/m0/s1. The van der Waals surface area contributed by atoms with E-state index >= 15 is 0 Å². The Balaban J connectivity index is 1.46. The average molecular weight is 583 g/mol. The third-order valence-electron chi connectivity index (χ3n) is 7.88. The number of amides is 3. The van der Waals surface area contributed by atoms with E-state index in [-0.39, 0.29) is 30.6 Å². The van der Waals surface area contributed by atoms with Crippen molar-refractivity contribution in [2.24, 2.45) is 17.6 Å². The molecule has 0 heterocycles. The molecule has 0 aliphatic heterocycles. The first-order valence-corrected chi connectivity index (χ1v) is 15.0. The SMILES string of the molecule is N=C(N)c1ccc(CC(C(=O)NCc2ccccc2)C(=O)N[C@H](C(=O)NCCNc2ccccc2)C2CCCCC2)cc1. The maximum Gasteiger partial charge on any atom is 0.242 e. The Kier molecular flexibility index (Phi) is 11.7. The molecule has 1 aliphatic rings. The quantitative estimate of drug-likeness (QED) is 0.0741. The minimum Gasteiger partial charge on any atom is -0.384 e. The van der Waals surface area contributed by atoms with Crippen LogP contribution in [-0.2, 0) is 27.3 Å². The van der Waals surface area contributed by atoms with Crippen LogP contribution in [0.15, 0.2) is 84.9 Å². The van der Waals surface area contributed by atoms with Crippen LogP contribution in [0.2, 0.25) is 0 Å². The molecule has 0 saturated heterocycles. The Morgan fingerprint density at radius 3 is 2.05 bits per heavy atom. The molecule has 0 radical (unpaired) electrons. The minimum absolute atomic E-state index is 0.00247. The van der Waals surface area contributed by atoms with E-state index in [1.54, 1.807) is 24.3 Å². The van der Waals surface area contributed by atoms with Gasteiger partial charge in [0.25, 0.3) is 0 Å². The largest absolute Gasteiger partial charge is 0.384 e. The molecule has 2 atom stereocenters. The molecular weight excluding hydrogens is 540 g/mol. The molecule has 0 spiro atoms. The van der Waals surface area contributed by atoms with Crippen molar-refractivity contribution < 1.29 is 14.4 Å². The summed E-state index contributed by atoms with van der Waals surface area (Å²) in [6, 6.07) is 25.5. The van der Waals surface area contributed by atoms with E-state index in [9.17, 15) is 14.4 Å². The Labute approximate surface area is 253 Å². The highest BCUT2D eigenvalue weighted by Crippen LogP contribution is 2.27. The number of para-hydroxylation sites is 1. The van der Waals surface area contributed by atoms with Crippen LogP contribution in [0.1, 0.15) is 48.8 Å². The van der Waals surface area contributed by atoms with Crippen LogP contribution in [0.25, 0.3) is 0 Å². The van der Waals surface area contributed by atoms with Gasteiger partial charge in [0.2, 0.25) is 17.7 Å². The minimum atomic E-state index is -1.05. The molecule has 226 valence electrons. The number of hydrogen-bond donors (Lipinski definition) is 6. The average Bonchev–Trinajstić information content (AvgIpc) is 3.04. The fourth-order valence-electron chi connectivity index (χ4n) is 5.45. The molecule has 3 amide bonds. The van der Waals surface area contributed by atoms with Crippen molar-refractivity contribution in [3.8, 4) is 0 Å². The molecule has 3 aromatic rings. The number of hydrogen-bond acceptors (Lipinski definition) is 5. The van der Waals surface area contributed by atoms with Gasteiger partial charge in [-0.05, 0) is 48.4 Å². The number of benzene rings is 3. The van der Waals surface area contributed by atoms with Gasteiger partial charge in [-0.1, -0.05) is 92.1 Å². The van der Waals surface area contributed by atoms with E-state index < -0.39 is 23.8 Å². The van der Waals surface area contributed by atoms with E-state index in [4.69, 9.17) is 11.1 Å². The van der Waals surface area contributed by atoms with Crippen LogP contribution < -0.4 is 27.0 Å². The number of rotatable bonds is 14. The number of anilines is 1. The summed E-state index contributed by atoms with van der Waals surface area (Å²) in [7, 11) is 0. The molecule has 1 unspecified atom stereocenters. The van der Waals surface area contributed by atoms with Crippen molar-refractivity contribution in [3.63, 3.8) is 0 Å². The lowest BCUT2D eigenvalue weighted by molar-refractivity contribution is -0.138.